The number of rotatable bonds is 6. The van der Waals surface area contributed by atoms with Crippen molar-refractivity contribution >= 4 is 0 Å². The van der Waals surface area contributed by atoms with Crippen LogP contribution in [0.3, 0.4) is 0 Å². The summed E-state index contributed by atoms with van der Waals surface area (Å²) in [5, 5.41) is 0. The lowest BCUT2D eigenvalue weighted by Crippen LogP contribution is -1.96. The highest BCUT2D eigenvalue weighted by atomic mass is 16.5. The molecule has 0 fully saturated rings. The summed E-state index contributed by atoms with van der Waals surface area (Å²) in [7, 11) is 0. The van der Waals surface area contributed by atoms with Crippen molar-refractivity contribution in [3.63, 3.8) is 0 Å². The lowest BCUT2D eigenvalue weighted by atomic mass is 10.3. The largest absolute Gasteiger partial charge is 0.489 e. The van der Waals surface area contributed by atoms with Crippen LogP contribution in [-0.2, 0) is 0 Å². The number of hydrogen-bond donors (Lipinski definition) is 0. The third kappa shape index (κ3) is 4.69. The van der Waals surface area contributed by atoms with Gasteiger partial charge in [-0.2, -0.15) is 0 Å². The van der Waals surface area contributed by atoms with E-state index in [0.717, 1.165) is 11.5 Å². The maximum Gasteiger partial charge on any atom is 0.123 e. The van der Waals surface area contributed by atoms with Crippen LogP contribution in [0.1, 0.15) is 13.8 Å². The Morgan fingerprint density at radius 3 is 1.88 bits per heavy atom. The van der Waals surface area contributed by atoms with Gasteiger partial charge in [0.1, 0.15) is 24.7 Å². The quantitative estimate of drug-likeness (QED) is 0.679. The highest BCUT2D eigenvalue weighted by molar-refractivity contribution is 5.33. The van der Waals surface area contributed by atoms with Gasteiger partial charge in [0.25, 0.3) is 0 Å². The molecule has 0 aromatic heterocycles. The molecule has 0 aliphatic rings. The Hall–Kier alpha value is -1.70. The van der Waals surface area contributed by atoms with Crippen LogP contribution in [-0.4, -0.2) is 13.2 Å². The van der Waals surface area contributed by atoms with Crippen LogP contribution in [0, 0.1) is 0 Å². The predicted molar refractivity (Wildman–Crippen MR) is 67.1 cm³/mol. The highest BCUT2D eigenvalue weighted by Crippen LogP contribution is 2.19. The summed E-state index contributed by atoms with van der Waals surface area (Å²) in [5.41, 5.74) is 0. The van der Waals surface area contributed by atoms with Gasteiger partial charge in [0.2, 0.25) is 0 Å². The molecule has 0 N–H and O–H groups in total. The summed E-state index contributed by atoms with van der Waals surface area (Å²) in [4.78, 5) is 0. The molecule has 0 spiro atoms. The van der Waals surface area contributed by atoms with E-state index in [1.807, 2.05) is 62.4 Å². The van der Waals surface area contributed by atoms with Crippen LogP contribution in [0.5, 0.6) is 11.5 Å². The van der Waals surface area contributed by atoms with Crippen molar-refractivity contribution in [3.8, 4) is 11.5 Å². The van der Waals surface area contributed by atoms with Crippen molar-refractivity contribution in [2.45, 2.75) is 13.8 Å². The average Bonchev–Trinajstić information content (AvgIpc) is 2.30. The zero-order valence-corrected chi connectivity index (χ0v) is 9.85. The molecule has 0 amide bonds. The first-order chi connectivity index (χ1) is 7.86. The minimum absolute atomic E-state index is 0.592. The third-order valence-electron chi connectivity index (χ3n) is 1.97. The van der Waals surface area contributed by atoms with Crippen molar-refractivity contribution in [3.05, 3.63) is 48.6 Å². The first-order valence-electron chi connectivity index (χ1n) is 5.44. The molecule has 0 aliphatic carbocycles. The van der Waals surface area contributed by atoms with Crippen molar-refractivity contribution < 1.29 is 9.47 Å². The fourth-order valence-electron chi connectivity index (χ4n) is 1.13. The molecule has 2 nitrogen and oxygen atoms in total. The molecule has 0 saturated carbocycles. The minimum atomic E-state index is 0.592. The summed E-state index contributed by atoms with van der Waals surface area (Å²) >= 11 is 0. The van der Waals surface area contributed by atoms with E-state index in [-0.39, 0.29) is 0 Å². The SMILES string of the molecule is C/C=C/COc1cccc(OC/C=C/C)c1. The van der Waals surface area contributed by atoms with Crippen LogP contribution < -0.4 is 9.47 Å². The van der Waals surface area contributed by atoms with Gasteiger partial charge in [-0.1, -0.05) is 30.4 Å². The summed E-state index contributed by atoms with van der Waals surface area (Å²) in [6, 6.07) is 7.67. The van der Waals surface area contributed by atoms with Crippen LogP contribution in [0.25, 0.3) is 0 Å². The topological polar surface area (TPSA) is 18.5 Å². The Morgan fingerprint density at radius 2 is 1.44 bits per heavy atom. The Labute approximate surface area is 97.2 Å². The van der Waals surface area contributed by atoms with E-state index in [0.29, 0.717) is 13.2 Å². The van der Waals surface area contributed by atoms with Gasteiger partial charge in [-0.15, -0.1) is 0 Å². The number of allylic oxidation sites excluding steroid dienone is 2. The van der Waals surface area contributed by atoms with Crippen molar-refractivity contribution in [1.29, 1.82) is 0 Å². The second kappa shape index (κ2) is 7.57. The zero-order valence-electron chi connectivity index (χ0n) is 9.85. The number of ether oxygens (including phenoxy) is 2. The fourth-order valence-corrected chi connectivity index (χ4v) is 1.13. The van der Waals surface area contributed by atoms with Gasteiger partial charge >= 0.3 is 0 Å². The molecule has 1 aromatic carbocycles. The van der Waals surface area contributed by atoms with Gasteiger partial charge in [-0.25, -0.2) is 0 Å². The van der Waals surface area contributed by atoms with E-state index in [1.165, 1.54) is 0 Å². The molecule has 1 rings (SSSR count). The minimum Gasteiger partial charge on any atom is -0.489 e. The van der Waals surface area contributed by atoms with Crippen LogP contribution in [0.15, 0.2) is 48.6 Å². The lowest BCUT2D eigenvalue weighted by molar-refractivity contribution is 0.344. The molecular weight excluding hydrogens is 200 g/mol. The number of hydrogen-bond acceptors (Lipinski definition) is 2. The third-order valence-corrected chi connectivity index (χ3v) is 1.97. The summed E-state index contributed by atoms with van der Waals surface area (Å²) in [5.74, 6) is 1.66. The molecule has 0 atom stereocenters. The van der Waals surface area contributed by atoms with Crippen molar-refractivity contribution in [2.75, 3.05) is 13.2 Å². The maximum absolute atomic E-state index is 5.51. The fraction of sp³-hybridized carbons (Fsp3) is 0.286. The Morgan fingerprint density at radius 1 is 0.938 bits per heavy atom. The molecule has 0 aliphatic heterocycles. The van der Waals surface area contributed by atoms with Gasteiger partial charge in [-0.05, 0) is 26.0 Å². The van der Waals surface area contributed by atoms with Gasteiger partial charge in [0.15, 0.2) is 0 Å². The normalized spacial score (nSPS) is 11.1. The Bertz CT molecular complexity index is 322. The van der Waals surface area contributed by atoms with Gasteiger partial charge in [0.05, 0.1) is 0 Å². The second-order valence-electron chi connectivity index (χ2n) is 3.23. The van der Waals surface area contributed by atoms with E-state index >= 15 is 0 Å². The maximum atomic E-state index is 5.51. The average molecular weight is 218 g/mol. The first-order valence-corrected chi connectivity index (χ1v) is 5.44. The Balaban J connectivity index is 2.49. The van der Waals surface area contributed by atoms with E-state index in [2.05, 4.69) is 0 Å². The molecule has 1 aromatic rings. The van der Waals surface area contributed by atoms with Crippen molar-refractivity contribution in [2.24, 2.45) is 0 Å². The van der Waals surface area contributed by atoms with Crippen molar-refractivity contribution in [1.82, 2.24) is 0 Å². The first kappa shape index (κ1) is 12.4. The number of benzene rings is 1. The molecular formula is C14H18O2. The second-order valence-corrected chi connectivity index (χ2v) is 3.23. The van der Waals surface area contributed by atoms with Gasteiger partial charge in [0, 0.05) is 6.07 Å². The highest BCUT2D eigenvalue weighted by Gasteiger charge is 1.95. The molecule has 2 heteroatoms. The van der Waals surface area contributed by atoms with Gasteiger partial charge < -0.3 is 9.47 Å². The summed E-state index contributed by atoms with van der Waals surface area (Å²) in [6.45, 7) is 5.13. The van der Waals surface area contributed by atoms with Crippen LogP contribution in [0.2, 0.25) is 0 Å². The summed E-state index contributed by atoms with van der Waals surface area (Å²) < 4.78 is 11.0. The van der Waals surface area contributed by atoms with E-state index in [9.17, 15) is 0 Å². The van der Waals surface area contributed by atoms with E-state index < -0.39 is 0 Å². The van der Waals surface area contributed by atoms with E-state index in [4.69, 9.17) is 9.47 Å². The molecule has 0 unspecified atom stereocenters. The van der Waals surface area contributed by atoms with Gasteiger partial charge in [-0.3, -0.25) is 0 Å². The molecule has 0 saturated heterocycles. The molecule has 86 valence electrons. The lowest BCUT2D eigenvalue weighted by Gasteiger charge is -2.06. The monoisotopic (exact) mass is 218 g/mol. The standard InChI is InChI=1S/C14H18O2/c1-3-5-10-15-13-8-7-9-14(12-13)16-11-6-4-2/h3-9,12H,10-11H2,1-2H3/b5-3+,6-4+. The molecule has 0 bridgehead atoms. The Kier molecular flexibility index (Phi) is 5.86. The van der Waals surface area contributed by atoms with Crippen LogP contribution in [0.4, 0.5) is 0 Å². The zero-order chi connectivity index (χ0) is 11.6. The summed E-state index contributed by atoms with van der Waals surface area (Å²) in [6.07, 6.45) is 7.86. The molecule has 0 radical (unpaired) electrons. The smallest absolute Gasteiger partial charge is 0.123 e. The predicted octanol–water partition coefficient (Wildman–Crippen LogP) is 3.60. The van der Waals surface area contributed by atoms with Crippen LogP contribution >= 0.6 is 0 Å². The van der Waals surface area contributed by atoms with E-state index in [1.54, 1.807) is 0 Å². The molecule has 0 heterocycles. The molecule has 16 heavy (non-hydrogen) atoms.